The fraction of sp³-hybridized carbons (Fsp3) is 0.750. The number of aliphatic hydroxyl groups is 1. The number of nitrogens with one attached hydrogen (secondary N) is 1. The summed E-state index contributed by atoms with van der Waals surface area (Å²) in [5.74, 6) is -1.03. The lowest BCUT2D eigenvalue weighted by atomic mass is 10.3. The molecule has 0 aromatic heterocycles. The summed E-state index contributed by atoms with van der Waals surface area (Å²) in [7, 11) is 1.48. The predicted molar refractivity (Wildman–Crippen MR) is 38.0 cm³/mol. The minimum absolute atomic E-state index is 0. The van der Waals surface area contributed by atoms with Gasteiger partial charge in [-0.25, -0.2) is 0 Å². The third kappa shape index (κ3) is 4.26. The maximum Gasteiger partial charge on any atom is 0.323 e. The van der Waals surface area contributed by atoms with Crippen molar-refractivity contribution in [3.63, 3.8) is 0 Å². The van der Waals surface area contributed by atoms with E-state index < -0.39 is 12.0 Å². The minimum Gasteiger partial charge on any atom is -0.480 e. The summed E-state index contributed by atoms with van der Waals surface area (Å²) in [6, 6.07) is -0.824. The Kier molecular flexibility index (Phi) is 7.52. The van der Waals surface area contributed by atoms with Crippen molar-refractivity contribution in [2.24, 2.45) is 0 Å². The number of aliphatic carboxylic acids is 1. The minimum atomic E-state index is -1.03. The third-order valence-corrected chi connectivity index (χ3v) is 0.829. The predicted octanol–water partition coefficient (Wildman–Crippen LogP) is -1.24. The Bertz CT molecular complexity index is 83.9. The topological polar surface area (TPSA) is 69.6 Å². The van der Waals surface area contributed by atoms with Crippen LogP contribution in [0.5, 0.6) is 0 Å². The van der Waals surface area contributed by atoms with Gasteiger partial charge in [0.2, 0.25) is 0 Å². The molecule has 56 valence electrons. The molecule has 0 aliphatic carbocycles. The van der Waals surface area contributed by atoms with E-state index in [0.717, 1.165) is 0 Å². The summed E-state index contributed by atoms with van der Waals surface area (Å²) in [5.41, 5.74) is 0. The van der Waals surface area contributed by atoms with Crippen LogP contribution in [0.2, 0.25) is 0 Å². The first kappa shape index (κ1) is 11.5. The molecular formula is C4H11NO3S. The van der Waals surface area contributed by atoms with Gasteiger partial charge in [0.25, 0.3) is 0 Å². The van der Waals surface area contributed by atoms with Gasteiger partial charge in [0.15, 0.2) is 0 Å². The van der Waals surface area contributed by atoms with Gasteiger partial charge in [-0.2, -0.15) is 13.5 Å². The van der Waals surface area contributed by atoms with E-state index in [0.29, 0.717) is 0 Å². The van der Waals surface area contributed by atoms with Gasteiger partial charge >= 0.3 is 5.97 Å². The van der Waals surface area contributed by atoms with Crippen LogP contribution in [0, 0.1) is 0 Å². The van der Waals surface area contributed by atoms with Crippen LogP contribution >= 0.6 is 13.5 Å². The van der Waals surface area contributed by atoms with Crippen molar-refractivity contribution < 1.29 is 15.0 Å². The van der Waals surface area contributed by atoms with Crippen LogP contribution in [0.3, 0.4) is 0 Å². The highest BCUT2D eigenvalue weighted by atomic mass is 32.1. The molecule has 0 heterocycles. The fourth-order valence-electron chi connectivity index (χ4n) is 0.293. The van der Waals surface area contributed by atoms with Gasteiger partial charge in [-0.3, -0.25) is 4.79 Å². The molecule has 4 nitrogen and oxygen atoms in total. The van der Waals surface area contributed by atoms with Crippen LogP contribution in [-0.2, 0) is 4.79 Å². The number of rotatable bonds is 3. The quantitative estimate of drug-likeness (QED) is 0.474. The third-order valence-electron chi connectivity index (χ3n) is 0.829. The van der Waals surface area contributed by atoms with E-state index in [2.05, 4.69) is 5.32 Å². The van der Waals surface area contributed by atoms with E-state index in [1.807, 2.05) is 0 Å². The van der Waals surface area contributed by atoms with Gasteiger partial charge in [0, 0.05) is 0 Å². The molecule has 0 unspecified atom stereocenters. The lowest BCUT2D eigenvalue weighted by Crippen LogP contribution is -2.36. The molecule has 0 radical (unpaired) electrons. The van der Waals surface area contributed by atoms with Gasteiger partial charge in [-0.15, -0.1) is 0 Å². The zero-order valence-electron chi connectivity index (χ0n) is 5.09. The smallest absolute Gasteiger partial charge is 0.323 e. The maximum atomic E-state index is 9.94. The molecule has 5 heteroatoms. The summed E-state index contributed by atoms with van der Waals surface area (Å²) in [4.78, 5) is 9.94. The van der Waals surface area contributed by atoms with Gasteiger partial charge in [0.1, 0.15) is 6.04 Å². The molecule has 9 heavy (non-hydrogen) atoms. The lowest BCUT2D eigenvalue weighted by Gasteiger charge is -2.04. The van der Waals surface area contributed by atoms with Crippen LogP contribution in [0.4, 0.5) is 0 Å². The molecular weight excluding hydrogens is 142 g/mol. The van der Waals surface area contributed by atoms with E-state index >= 15 is 0 Å². The van der Waals surface area contributed by atoms with E-state index in [9.17, 15) is 4.79 Å². The van der Waals surface area contributed by atoms with Crippen molar-refractivity contribution in [2.45, 2.75) is 6.04 Å². The Hall–Kier alpha value is -0.260. The standard InChI is InChI=1S/C4H9NO3.H2S/c1-5-3(2-6)4(7)8;/h3,5-6H,2H2,1H3,(H,7,8);1H2/t3-;/m0./s1. The zero-order chi connectivity index (χ0) is 6.57. The average molecular weight is 153 g/mol. The van der Waals surface area contributed by atoms with Crippen molar-refractivity contribution in [1.82, 2.24) is 5.32 Å². The van der Waals surface area contributed by atoms with Crippen LogP contribution in [-0.4, -0.2) is 35.9 Å². The number of carbonyl (C=O) groups is 1. The molecule has 0 amide bonds. The number of hydrogen-bond acceptors (Lipinski definition) is 3. The van der Waals surface area contributed by atoms with Crippen molar-refractivity contribution in [2.75, 3.05) is 13.7 Å². The van der Waals surface area contributed by atoms with Crippen molar-refractivity contribution in [3.8, 4) is 0 Å². The van der Waals surface area contributed by atoms with Crippen molar-refractivity contribution in [3.05, 3.63) is 0 Å². The van der Waals surface area contributed by atoms with E-state index in [4.69, 9.17) is 10.2 Å². The van der Waals surface area contributed by atoms with Gasteiger partial charge in [0.05, 0.1) is 6.61 Å². The zero-order valence-corrected chi connectivity index (χ0v) is 6.09. The Morgan fingerprint density at radius 2 is 2.22 bits per heavy atom. The summed E-state index contributed by atoms with van der Waals surface area (Å²) < 4.78 is 0. The molecule has 0 saturated heterocycles. The second-order valence-corrected chi connectivity index (χ2v) is 1.36. The van der Waals surface area contributed by atoms with Crippen LogP contribution in [0.25, 0.3) is 0 Å². The van der Waals surface area contributed by atoms with E-state index in [1.54, 1.807) is 0 Å². The molecule has 0 aliphatic heterocycles. The van der Waals surface area contributed by atoms with Gasteiger partial charge in [-0.1, -0.05) is 0 Å². The van der Waals surface area contributed by atoms with Crippen LogP contribution in [0.15, 0.2) is 0 Å². The highest BCUT2D eigenvalue weighted by Crippen LogP contribution is 1.76. The molecule has 0 saturated carbocycles. The molecule has 1 atom stereocenters. The monoisotopic (exact) mass is 153 g/mol. The molecule has 0 rings (SSSR count). The van der Waals surface area contributed by atoms with E-state index in [1.165, 1.54) is 7.05 Å². The SMILES string of the molecule is CN[C@@H](CO)C(=O)O.S. The summed E-state index contributed by atoms with van der Waals surface area (Å²) in [5, 5.41) is 18.8. The number of hydrogen-bond donors (Lipinski definition) is 3. The number of carboxylic acid groups (broad SMARTS) is 1. The maximum absolute atomic E-state index is 9.94. The Balaban J connectivity index is 0. The number of likely N-dealkylation sites (N-methyl/N-ethyl adjacent to an activating group) is 1. The largest absolute Gasteiger partial charge is 0.480 e. The lowest BCUT2D eigenvalue weighted by molar-refractivity contribution is -0.140. The highest BCUT2D eigenvalue weighted by molar-refractivity contribution is 7.59. The Labute approximate surface area is 60.3 Å². The summed E-state index contributed by atoms with van der Waals surface area (Å²) >= 11 is 0. The number of carboxylic acids is 1. The average Bonchev–Trinajstić information content (AvgIpc) is 1.69. The molecule has 0 aromatic carbocycles. The van der Waals surface area contributed by atoms with E-state index in [-0.39, 0.29) is 20.1 Å². The summed E-state index contributed by atoms with van der Waals surface area (Å²) in [6.07, 6.45) is 0. The first-order valence-corrected chi connectivity index (χ1v) is 2.23. The van der Waals surface area contributed by atoms with Crippen molar-refractivity contribution in [1.29, 1.82) is 0 Å². The molecule has 0 aliphatic rings. The summed E-state index contributed by atoms with van der Waals surface area (Å²) in [6.45, 7) is -0.369. The first-order valence-electron chi connectivity index (χ1n) is 2.23. The highest BCUT2D eigenvalue weighted by Gasteiger charge is 2.11. The molecule has 0 spiro atoms. The second-order valence-electron chi connectivity index (χ2n) is 1.36. The molecule has 0 fully saturated rings. The fourth-order valence-corrected chi connectivity index (χ4v) is 0.293. The first-order chi connectivity index (χ1) is 3.72. The molecule has 0 bridgehead atoms. The van der Waals surface area contributed by atoms with Gasteiger partial charge in [-0.05, 0) is 7.05 Å². The molecule has 3 N–H and O–H groups in total. The van der Waals surface area contributed by atoms with Crippen molar-refractivity contribution >= 4 is 19.5 Å². The Morgan fingerprint density at radius 3 is 2.22 bits per heavy atom. The Morgan fingerprint density at radius 1 is 1.78 bits per heavy atom. The van der Waals surface area contributed by atoms with Gasteiger partial charge < -0.3 is 15.5 Å². The normalized spacial score (nSPS) is 11.8. The number of aliphatic hydroxyl groups excluding tert-OH is 1. The second kappa shape index (κ2) is 5.87. The van der Waals surface area contributed by atoms with Crippen LogP contribution < -0.4 is 5.32 Å². The molecule has 0 aromatic rings. The van der Waals surface area contributed by atoms with Crippen LogP contribution in [0.1, 0.15) is 0 Å².